The van der Waals surface area contributed by atoms with Crippen LogP contribution in [0.2, 0.25) is 0 Å². The van der Waals surface area contributed by atoms with Gasteiger partial charge in [0.15, 0.2) is 5.65 Å². The second-order valence-corrected chi connectivity index (χ2v) is 6.81. The Bertz CT molecular complexity index is 912. The molecular formula is C21H26N4O. The molecule has 1 unspecified atom stereocenters. The second kappa shape index (κ2) is 7.28. The number of carbonyl (C=O) groups is 1. The third-order valence-electron chi connectivity index (χ3n) is 5.04. The van der Waals surface area contributed by atoms with Gasteiger partial charge in [0.1, 0.15) is 5.52 Å². The summed E-state index contributed by atoms with van der Waals surface area (Å²) in [5.41, 5.74) is 3.66. The summed E-state index contributed by atoms with van der Waals surface area (Å²) in [6.45, 7) is 3.90. The van der Waals surface area contributed by atoms with Crippen LogP contribution in [-0.4, -0.2) is 20.4 Å². The van der Waals surface area contributed by atoms with E-state index in [0.29, 0.717) is 12.0 Å². The molecule has 0 aliphatic heterocycles. The monoisotopic (exact) mass is 350 g/mol. The quantitative estimate of drug-likeness (QED) is 0.732. The summed E-state index contributed by atoms with van der Waals surface area (Å²) >= 11 is 0. The molecule has 4 rings (SSSR count). The third-order valence-corrected chi connectivity index (χ3v) is 5.04. The fraction of sp³-hybridized carbons (Fsp3) is 0.381. The van der Waals surface area contributed by atoms with E-state index in [-0.39, 0.29) is 19.3 Å². The lowest BCUT2D eigenvalue weighted by Crippen LogP contribution is -2.24. The minimum atomic E-state index is -0.231. The first kappa shape index (κ1) is 18.1. The summed E-state index contributed by atoms with van der Waals surface area (Å²) in [6.07, 6.45) is 3.43. The molecule has 2 heterocycles. The molecule has 1 amide bonds. The van der Waals surface area contributed by atoms with Gasteiger partial charge in [-0.3, -0.25) is 14.7 Å². The highest BCUT2D eigenvalue weighted by Gasteiger charge is 2.27. The van der Waals surface area contributed by atoms with Gasteiger partial charge in [-0.1, -0.05) is 37.8 Å². The number of pyridine rings is 1. The molecular weight excluding hydrogens is 324 g/mol. The molecule has 1 N–H and O–H groups in total. The summed E-state index contributed by atoms with van der Waals surface area (Å²) in [5.74, 6) is 0.343. The van der Waals surface area contributed by atoms with Gasteiger partial charge in [0.05, 0.1) is 5.92 Å². The van der Waals surface area contributed by atoms with E-state index in [0.717, 1.165) is 35.3 Å². The highest BCUT2D eigenvalue weighted by Crippen LogP contribution is 2.36. The smallest absolute Gasteiger partial charge is 0.233 e. The van der Waals surface area contributed by atoms with E-state index in [9.17, 15) is 4.79 Å². The van der Waals surface area contributed by atoms with Crippen molar-refractivity contribution >= 4 is 23.0 Å². The number of amides is 1. The van der Waals surface area contributed by atoms with Crippen molar-refractivity contribution in [3.05, 3.63) is 53.7 Å². The maximum absolute atomic E-state index is 12.8. The predicted molar refractivity (Wildman–Crippen MR) is 105 cm³/mol. The van der Waals surface area contributed by atoms with Crippen molar-refractivity contribution in [2.45, 2.75) is 52.5 Å². The Morgan fingerprint density at radius 1 is 1.15 bits per heavy atom. The van der Waals surface area contributed by atoms with Crippen molar-refractivity contribution in [1.29, 1.82) is 0 Å². The molecule has 136 valence electrons. The van der Waals surface area contributed by atoms with Crippen molar-refractivity contribution in [3.63, 3.8) is 0 Å². The van der Waals surface area contributed by atoms with Crippen LogP contribution >= 0.6 is 0 Å². The van der Waals surface area contributed by atoms with Crippen LogP contribution in [0.5, 0.6) is 0 Å². The SMILES string of the molecule is C.Cc1ccc2nc(NC(=O)C(C)c3ccccc3)n(C3CCC3)c2n1. The number of hydrogen-bond donors (Lipinski definition) is 1. The first-order chi connectivity index (χ1) is 12.1. The normalized spacial score (nSPS) is 15.2. The minimum absolute atomic E-state index is 0. The van der Waals surface area contributed by atoms with Crippen LogP contribution in [0.15, 0.2) is 42.5 Å². The molecule has 1 atom stereocenters. The molecule has 1 fully saturated rings. The van der Waals surface area contributed by atoms with Crippen molar-refractivity contribution in [2.24, 2.45) is 0 Å². The molecule has 1 aliphatic rings. The number of aryl methyl sites for hydroxylation is 1. The molecule has 0 radical (unpaired) electrons. The van der Waals surface area contributed by atoms with Gasteiger partial charge in [0, 0.05) is 11.7 Å². The van der Waals surface area contributed by atoms with E-state index < -0.39 is 0 Å². The predicted octanol–water partition coefficient (Wildman–Crippen LogP) is 4.84. The first-order valence-corrected chi connectivity index (χ1v) is 8.85. The van der Waals surface area contributed by atoms with Crippen molar-refractivity contribution in [2.75, 3.05) is 5.32 Å². The molecule has 0 spiro atoms. The van der Waals surface area contributed by atoms with Gasteiger partial charge in [0.25, 0.3) is 0 Å². The Morgan fingerprint density at radius 3 is 2.54 bits per heavy atom. The fourth-order valence-corrected chi connectivity index (χ4v) is 3.26. The number of nitrogens with one attached hydrogen (secondary N) is 1. The topological polar surface area (TPSA) is 59.8 Å². The zero-order valence-corrected chi connectivity index (χ0v) is 14.6. The van der Waals surface area contributed by atoms with Gasteiger partial charge >= 0.3 is 0 Å². The van der Waals surface area contributed by atoms with Gasteiger partial charge in [0.2, 0.25) is 11.9 Å². The average molecular weight is 350 g/mol. The van der Waals surface area contributed by atoms with Crippen molar-refractivity contribution < 1.29 is 4.79 Å². The zero-order valence-electron chi connectivity index (χ0n) is 14.6. The number of rotatable bonds is 4. The lowest BCUT2D eigenvalue weighted by Gasteiger charge is -2.28. The number of imidazole rings is 1. The van der Waals surface area contributed by atoms with E-state index in [1.165, 1.54) is 6.42 Å². The standard InChI is InChI=1S/C20H22N4O.CH4/c1-13-11-12-17-18(21-13)24(16-9-6-10-16)20(22-17)23-19(25)14(2)15-7-4-3-5-8-15;/h3-5,7-8,11-12,14,16H,6,9-10H2,1-2H3,(H,22,23,25);1H4. The molecule has 1 aliphatic carbocycles. The molecule has 0 bridgehead atoms. The number of hydrogen-bond acceptors (Lipinski definition) is 3. The molecule has 1 saturated carbocycles. The zero-order chi connectivity index (χ0) is 17.4. The van der Waals surface area contributed by atoms with E-state index in [1.54, 1.807) is 0 Å². The second-order valence-electron chi connectivity index (χ2n) is 6.81. The van der Waals surface area contributed by atoms with Crippen LogP contribution < -0.4 is 5.32 Å². The number of anilines is 1. The largest absolute Gasteiger partial charge is 0.295 e. The Morgan fingerprint density at radius 2 is 1.88 bits per heavy atom. The summed E-state index contributed by atoms with van der Waals surface area (Å²) in [5, 5.41) is 3.04. The summed E-state index contributed by atoms with van der Waals surface area (Å²) in [6, 6.07) is 14.1. The van der Waals surface area contributed by atoms with Crippen LogP contribution in [0.25, 0.3) is 11.2 Å². The first-order valence-electron chi connectivity index (χ1n) is 8.85. The maximum atomic E-state index is 12.8. The van der Waals surface area contributed by atoms with Gasteiger partial charge in [-0.25, -0.2) is 9.97 Å². The van der Waals surface area contributed by atoms with Crippen LogP contribution in [0.3, 0.4) is 0 Å². The summed E-state index contributed by atoms with van der Waals surface area (Å²) in [4.78, 5) is 22.1. The highest BCUT2D eigenvalue weighted by molar-refractivity contribution is 5.95. The van der Waals surface area contributed by atoms with Gasteiger partial charge in [-0.15, -0.1) is 0 Å². The number of fused-ring (bicyclic) bond motifs is 1. The lowest BCUT2D eigenvalue weighted by molar-refractivity contribution is -0.117. The van der Waals surface area contributed by atoms with Gasteiger partial charge in [-0.2, -0.15) is 0 Å². The van der Waals surface area contributed by atoms with Crippen LogP contribution in [0.1, 0.15) is 56.8 Å². The Labute approximate surface area is 154 Å². The number of benzene rings is 1. The van der Waals surface area contributed by atoms with Gasteiger partial charge < -0.3 is 0 Å². The Hall–Kier alpha value is -2.69. The molecule has 5 nitrogen and oxygen atoms in total. The van der Waals surface area contributed by atoms with E-state index in [1.807, 2.05) is 56.3 Å². The Balaban J connectivity index is 0.00000196. The van der Waals surface area contributed by atoms with E-state index >= 15 is 0 Å². The van der Waals surface area contributed by atoms with Gasteiger partial charge in [-0.05, 0) is 50.8 Å². The van der Waals surface area contributed by atoms with E-state index in [2.05, 4.69) is 19.9 Å². The maximum Gasteiger partial charge on any atom is 0.233 e. The average Bonchev–Trinajstić information content (AvgIpc) is 2.91. The number of carbonyl (C=O) groups excluding carboxylic acids is 1. The minimum Gasteiger partial charge on any atom is -0.295 e. The highest BCUT2D eigenvalue weighted by atomic mass is 16.2. The summed E-state index contributed by atoms with van der Waals surface area (Å²) in [7, 11) is 0. The van der Waals surface area contributed by atoms with E-state index in [4.69, 9.17) is 0 Å². The number of nitrogens with zero attached hydrogens (tertiary/aromatic N) is 3. The number of aromatic nitrogens is 3. The molecule has 26 heavy (non-hydrogen) atoms. The fourth-order valence-electron chi connectivity index (χ4n) is 3.26. The Kier molecular flexibility index (Phi) is 5.07. The van der Waals surface area contributed by atoms with Crippen molar-refractivity contribution in [1.82, 2.24) is 14.5 Å². The van der Waals surface area contributed by atoms with Crippen LogP contribution in [0, 0.1) is 6.92 Å². The van der Waals surface area contributed by atoms with Crippen molar-refractivity contribution in [3.8, 4) is 0 Å². The van der Waals surface area contributed by atoms with Crippen LogP contribution in [-0.2, 0) is 4.79 Å². The lowest BCUT2D eigenvalue weighted by atomic mass is 9.93. The molecule has 3 aromatic rings. The van der Waals surface area contributed by atoms with Crippen LogP contribution in [0.4, 0.5) is 5.95 Å². The molecule has 5 heteroatoms. The molecule has 1 aromatic carbocycles. The third kappa shape index (κ3) is 3.21. The molecule has 2 aromatic heterocycles. The molecule has 0 saturated heterocycles. The summed E-state index contributed by atoms with van der Waals surface area (Å²) < 4.78 is 2.11.